The van der Waals surface area contributed by atoms with Gasteiger partial charge in [0.25, 0.3) is 0 Å². The van der Waals surface area contributed by atoms with E-state index in [1.165, 1.54) is 0 Å². The number of carbonyl (C=O) groups excluding carboxylic acids is 2. The molecule has 3 saturated heterocycles. The average molecular weight is 348 g/mol. The van der Waals surface area contributed by atoms with Gasteiger partial charge < -0.3 is 19.3 Å². The van der Waals surface area contributed by atoms with E-state index in [4.69, 9.17) is 9.47 Å². The van der Waals surface area contributed by atoms with E-state index in [1.54, 1.807) is 22.9 Å². The van der Waals surface area contributed by atoms with E-state index in [1.807, 2.05) is 13.0 Å². The second-order valence-electron chi connectivity index (χ2n) is 7.73. The number of hydrogen-bond acceptors (Lipinski definition) is 4. The summed E-state index contributed by atoms with van der Waals surface area (Å²) >= 11 is 0. The summed E-state index contributed by atoms with van der Waals surface area (Å²) in [5.41, 5.74) is -0.531. The normalized spacial score (nSPS) is 39.8. The summed E-state index contributed by atoms with van der Waals surface area (Å²) in [7, 11) is 1.81. The Hall–Kier alpha value is -1.82. The summed E-state index contributed by atoms with van der Waals surface area (Å²) in [6, 6.07) is -0.324. The number of carbonyl (C=O) groups is 2. The molecule has 25 heavy (non-hydrogen) atoms. The molecular formula is C19H28N2O4. The van der Waals surface area contributed by atoms with Gasteiger partial charge in [0.1, 0.15) is 6.61 Å². The Bertz CT molecular complexity index is 592. The van der Waals surface area contributed by atoms with E-state index >= 15 is 0 Å². The van der Waals surface area contributed by atoms with Gasteiger partial charge in [-0.1, -0.05) is 25.7 Å². The lowest BCUT2D eigenvalue weighted by Crippen LogP contribution is -2.60. The van der Waals surface area contributed by atoms with E-state index in [-0.39, 0.29) is 42.5 Å². The zero-order chi connectivity index (χ0) is 18.4. The molecule has 0 radical (unpaired) electrons. The van der Waals surface area contributed by atoms with Crippen molar-refractivity contribution in [1.82, 2.24) is 9.80 Å². The maximum Gasteiger partial charge on any atom is 0.410 e. The standard InChI is InChI=1S/C19H28N2O4/c1-6-8-13-15-14(17(22)20(13)5)16-19(4,25-15)10-12(3)11-21(16)18(23)24-9-7-2/h6-7,12-16H,1-2,8-11H2,3-5H3/t12-,13-,14+,15-,16?,19+/m1/s1. The molecule has 0 saturated carbocycles. The quantitative estimate of drug-likeness (QED) is 0.731. The molecule has 1 unspecified atom stereocenters. The Balaban J connectivity index is 1.94. The largest absolute Gasteiger partial charge is 0.445 e. The van der Waals surface area contributed by atoms with Gasteiger partial charge in [0.15, 0.2) is 0 Å². The fourth-order valence-electron chi connectivity index (χ4n) is 4.99. The van der Waals surface area contributed by atoms with Crippen molar-refractivity contribution in [2.45, 2.75) is 50.5 Å². The lowest BCUT2D eigenvalue weighted by atomic mass is 9.77. The molecule has 0 spiro atoms. The second kappa shape index (κ2) is 6.48. The van der Waals surface area contributed by atoms with Crippen LogP contribution in [0.25, 0.3) is 0 Å². The Morgan fingerprint density at radius 3 is 2.80 bits per heavy atom. The van der Waals surface area contributed by atoms with Gasteiger partial charge in [-0.2, -0.15) is 0 Å². The number of likely N-dealkylation sites (N-methyl/N-ethyl adjacent to an activating group) is 1. The van der Waals surface area contributed by atoms with Crippen molar-refractivity contribution >= 4 is 12.0 Å². The van der Waals surface area contributed by atoms with Crippen molar-refractivity contribution in [2.75, 3.05) is 20.2 Å². The van der Waals surface area contributed by atoms with Gasteiger partial charge in [-0.15, -0.1) is 6.58 Å². The number of nitrogens with zero attached hydrogens (tertiary/aromatic N) is 2. The molecule has 138 valence electrons. The van der Waals surface area contributed by atoms with Gasteiger partial charge >= 0.3 is 6.09 Å². The molecule has 0 N–H and O–H groups in total. The molecule has 3 rings (SSSR count). The van der Waals surface area contributed by atoms with Crippen LogP contribution >= 0.6 is 0 Å². The number of amides is 2. The molecule has 3 heterocycles. The zero-order valence-electron chi connectivity index (χ0n) is 15.3. The molecule has 0 aromatic heterocycles. The van der Waals surface area contributed by atoms with Gasteiger partial charge in [-0.05, 0) is 25.7 Å². The first-order valence-corrected chi connectivity index (χ1v) is 8.93. The number of likely N-dealkylation sites (tertiary alicyclic amines) is 2. The third kappa shape index (κ3) is 2.76. The summed E-state index contributed by atoms with van der Waals surface area (Å²) < 4.78 is 11.7. The minimum absolute atomic E-state index is 0.0289. The minimum Gasteiger partial charge on any atom is -0.445 e. The van der Waals surface area contributed by atoms with Crippen molar-refractivity contribution in [3.63, 3.8) is 0 Å². The summed E-state index contributed by atoms with van der Waals surface area (Å²) in [5, 5.41) is 0. The molecule has 0 aromatic carbocycles. The van der Waals surface area contributed by atoms with Gasteiger partial charge in [-0.3, -0.25) is 4.79 Å². The predicted molar refractivity (Wildman–Crippen MR) is 94.0 cm³/mol. The lowest BCUT2D eigenvalue weighted by Gasteiger charge is -2.46. The van der Waals surface area contributed by atoms with Crippen molar-refractivity contribution < 1.29 is 19.1 Å². The van der Waals surface area contributed by atoms with Gasteiger partial charge in [0.05, 0.1) is 29.7 Å². The highest BCUT2D eigenvalue weighted by atomic mass is 16.6. The monoisotopic (exact) mass is 348 g/mol. The molecule has 6 nitrogen and oxygen atoms in total. The third-order valence-corrected chi connectivity index (χ3v) is 5.80. The molecule has 3 fully saturated rings. The molecule has 0 aromatic rings. The Morgan fingerprint density at radius 1 is 1.44 bits per heavy atom. The van der Waals surface area contributed by atoms with E-state index in [0.29, 0.717) is 13.0 Å². The van der Waals surface area contributed by atoms with Crippen molar-refractivity contribution in [3.8, 4) is 0 Å². The topological polar surface area (TPSA) is 59.1 Å². The van der Waals surface area contributed by atoms with Crippen LogP contribution in [0, 0.1) is 11.8 Å². The maximum atomic E-state index is 12.9. The molecule has 0 aliphatic carbocycles. The number of rotatable bonds is 4. The number of hydrogen-bond donors (Lipinski definition) is 0. The van der Waals surface area contributed by atoms with Crippen LogP contribution in [-0.2, 0) is 14.3 Å². The van der Waals surface area contributed by atoms with Crippen LogP contribution in [0.1, 0.15) is 26.7 Å². The van der Waals surface area contributed by atoms with Crippen LogP contribution in [-0.4, -0.2) is 65.8 Å². The fraction of sp³-hybridized carbons (Fsp3) is 0.684. The van der Waals surface area contributed by atoms with E-state index in [0.717, 1.165) is 6.42 Å². The van der Waals surface area contributed by atoms with Crippen LogP contribution in [0.3, 0.4) is 0 Å². The predicted octanol–water partition coefficient (Wildman–Crippen LogP) is 2.21. The second-order valence-corrected chi connectivity index (χ2v) is 7.73. The zero-order valence-corrected chi connectivity index (χ0v) is 15.3. The van der Waals surface area contributed by atoms with Gasteiger partial charge in [0, 0.05) is 13.6 Å². The van der Waals surface area contributed by atoms with Crippen LogP contribution in [0.4, 0.5) is 4.79 Å². The number of fused-ring (bicyclic) bond motifs is 3. The van der Waals surface area contributed by atoms with E-state index in [2.05, 4.69) is 20.1 Å². The third-order valence-electron chi connectivity index (χ3n) is 5.80. The fourth-order valence-corrected chi connectivity index (χ4v) is 4.99. The summed E-state index contributed by atoms with van der Waals surface area (Å²) in [6.45, 7) is 12.3. The molecule has 0 bridgehead atoms. The molecular weight excluding hydrogens is 320 g/mol. The van der Waals surface area contributed by atoms with Crippen LogP contribution in [0.15, 0.2) is 25.3 Å². The van der Waals surface area contributed by atoms with Gasteiger partial charge in [-0.25, -0.2) is 4.79 Å². The molecule has 6 heteroatoms. The molecule has 2 amide bonds. The summed E-state index contributed by atoms with van der Waals surface area (Å²) in [5.74, 6) is -0.0209. The first-order chi connectivity index (χ1) is 11.8. The van der Waals surface area contributed by atoms with Crippen molar-refractivity contribution in [2.24, 2.45) is 11.8 Å². The molecule has 3 aliphatic rings. The van der Waals surface area contributed by atoms with Crippen molar-refractivity contribution in [1.29, 1.82) is 0 Å². The number of ether oxygens (including phenoxy) is 2. The molecule has 3 aliphatic heterocycles. The Labute approximate surface area is 149 Å². The van der Waals surface area contributed by atoms with Crippen LogP contribution in [0.5, 0.6) is 0 Å². The first-order valence-electron chi connectivity index (χ1n) is 8.93. The Morgan fingerprint density at radius 2 is 2.16 bits per heavy atom. The van der Waals surface area contributed by atoms with Crippen molar-refractivity contribution in [3.05, 3.63) is 25.3 Å². The SMILES string of the molecule is C=CCOC(=O)N1C[C@H](C)C[C@]2(C)O[C@H]3[C@H](C(=O)N(C)[C@@H]3CC=C)C12. The summed E-state index contributed by atoms with van der Waals surface area (Å²) in [4.78, 5) is 29.0. The minimum atomic E-state index is -0.531. The Kier molecular flexibility index (Phi) is 4.66. The smallest absolute Gasteiger partial charge is 0.410 e. The van der Waals surface area contributed by atoms with Crippen LogP contribution in [0.2, 0.25) is 0 Å². The average Bonchev–Trinajstić information content (AvgIpc) is 2.97. The van der Waals surface area contributed by atoms with Gasteiger partial charge in [0.2, 0.25) is 5.91 Å². The summed E-state index contributed by atoms with van der Waals surface area (Å²) in [6.07, 6.45) is 4.27. The van der Waals surface area contributed by atoms with Crippen LogP contribution < -0.4 is 0 Å². The highest BCUT2D eigenvalue weighted by molar-refractivity contribution is 5.85. The molecule has 6 atom stereocenters. The number of piperidine rings is 1. The first kappa shape index (κ1) is 18.0. The van der Waals surface area contributed by atoms with E-state index < -0.39 is 11.7 Å². The lowest BCUT2D eigenvalue weighted by molar-refractivity contribution is -0.136. The maximum absolute atomic E-state index is 12.9. The highest BCUT2D eigenvalue weighted by Crippen LogP contribution is 2.50. The van der Waals surface area contributed by atoms with E-state index in [9.17, 15) is 9.59 Å². The highest BCUT2D eigenvalue weighted by Gasteiger charge is 2.66.